The van der Waals surface area contributed by atoms with Gasteiger partial charge < -0.3 is 10.5 Å². The SMILES string of the molecule is CC(C)OC[C@H](C)C(N)=O. The molecule has 0 saturated carbocycles. The molecule has 2 N–H and O–H groups in total. The Kier molecular flexibility index (Phi) is 4.03. The van der Waals surface area contributed by atoms with Gasteiger partial charge in [-0.25, -0.2) is 0 Å². The molecule has 0 bridgehead atoms. The van der Waals surface area contributed by atoms with E-state index in [1.54, 1.807) is 6.92 Å². The number of nitrogens with two attached hydrogens (primary N) is 1. The van der Waals surface area contributed by atoms with Gasteiger partial charge in [-0.05, 0) is 13.8 Å². The van der Waals surface area contributed by atoms with E-state index in [4.69, 9.17) is 10.5 Å². The first-order chi connectivity index (χ1) is 4.54. The van der Waals surface area contributed by atoms with Crippen molar-refractivity contribution < 1.29 is 9.53 Å². The fraction of sp³-hybridized carbons (Fsp3) is 0.857. The average Bonchev–Trinajstić information content (AvgIpc) is 1.82. The fourth-order valence-electron chi connectivity index (χ4n) is 0.419. The molecule has 0 rings (SSSR count). The first kappa shape index (κ1) is 9.43. The van der Waals surface area contributed by atoms with Gasteiger partial charge in [0.25, 0.3) is 0 Å². The van der Waals surface area contributed by atoms with Crippen molar-refractivity contribution in [2.24, 2.45) is 11.7 Å². The third-order valence-electron chi connectivity index (χ3n) is 1.17. The van der Waals surface area contributed by atoms with Crippen LogP contribution >= 0.6 is 0 Å². The van der Waals surface area contributed by atoms with E-state index in [1.807, 2.05) is 13.8 Å². The van der Waals surface area contributed by atoms with Crippen LogP contribution in [0, 0.1) is 5.92 Å². The lowest BCUT2D eigenvalue weighted by molar-refractivity contribution is -0.123. The monoisotopic (exact) mass is 145 g/mol. The van der Waals surface area contributed by atoms with Gasteiger partial charge in [0.1, 0.15) is 0 Å². The predicted octanol–water partition coefficient (Wildman–Crippen LogP) is 0.533. The maximum absolute atomic E-state index is 10.5. The van der Waals surface area contributed by atoms with Crippen LogP contribution in [-0.2, 0) is 9.53 Å². The predicted molar refractivity (Wildman–Crippen MR) is 39.4 cm³/mol. The maximum Gasteiger partial charge on any atom is 0.222 e. The smallest absolute Gasteiger partial charge is 0.222 e. The molecule has 0 spiro atoms. The van der Waals surface area contributed by atoms with Gasteiger partial charge in [-0.2, -0.15) is 0 Å². The molecule has 0 aromatic carbocycles. The van der Waals surface area contributed by atoms with Crippen molar-refractivity contribution in [2.75, 3.05) is 6.61 Å². The van der Waals surface area contributed by atoms with Gasteiger partial charge in [0.05, 0.1) is 18.6 Å². The molecule has 0 heterocycles. The van der Waals surface area contributed by atoms with Crippen LogP contribution in [-0.4, -0.2) is 18.6 Å². The van der Waals surface area contributed by atoms with E-state index in [2.05, 4.69) is 0 Å². The van der Waals surface area contributed by atoms with Crippen LogP contribution in [0.15, 0.2) is 0 Å². The molecule has 3 heteroatoms. The van der Waals surface area contributed by atoms with Gasteiger partial charge in [-0.1, -0.05) is 6.92 Å². The van der Waals surface area contributed by atoms with Crippen LogP contribution in [0.2, 0.25) is 0 Å². The molecule has 0 aromatic heterocycles. The lowest BCUT2D eigenvalue weighted by atomic mass is 10.2. The van der Waals surface area contributed by atoms with Gasteiger partial charge in [0, 0.05) is 0 Å². The van der Waals surface area contributed by atoms with Gasteiger partial charge >= 0.3 is 0 Å². The zero-order valence-electron chi connectivity index (χ0n) is 6.76. The summed E-state index contributed by atoms with van der Waals surface area (Å²) < 4.78 is 5.16. The molecule has 0 radical (unpaired) electrons. The van der Waals surface area contributed by atoms with Crippen LogP contribution in [0.3, 0.4) is 0 Å². The number of amides is 1. The molecule has 1 amide bonds. The number of rotatable bonds is 4. The van der Waals surface area contributed by atoms with Crippen molar-refractivity contribution in [2.45, 2.75) is 26.9 Å². The molecular formula is C7H15NO2. The molecule has 0 saturated heterocycles. The van der Waals surface area contributed by atoms with E-state index >= 15 is 0 Å². The normalized spacial score (nSPS) is 13.6. The topological polar surface area (TPSA) is 52.3 Å². The average molecular weight is 145 g/mol. The van der Waals surface area contributed by atoms with Crippen molar-refractivity contribution in [3.05, 3.63) is 0 Å². The second-order valence-electron chi connectivity index (χ2n) is 2.69. The number of primary amides is 1. The van der Waals surface area contributed by atoms with E-state index in [1.165, 1.54) is 0 Å². The van der Waals surface area contributed by atoms with Gasteiger partial charge in [-0.3, -0.25) is 4.79 Å². The first-order valence-corrected chi connectivity index (χ1v) is 3.45. The van der Waals surface area contributed by atoms with Crippen LogP contribution in [0.5, 0.6) is 0 Å². The molecule has 60 valence electrons. The lowest BCUT2D eigenvalue weighted by Crippen LogP contribution is -2.25. The molecule has 0 fully saturated rings. The van der Waals surface area contributed by atoms with Crippen molar-refractivity contribution in [1.29, 1.82) is 0 Å². The zero-order valence-corrected chi connectivity index (χ0v) is 6.76. The van der Waals surface area contributed by atoms with Crippen molar-refractivity contribution in [1.82, 2.24) is 0 Å². The van der Waals surface area contributed by atoms with Gasteiger partial charge in [0.15, 0.2) is 0 Å². The zero-order chi connectivity index (χ0) is 8.15. The summed E-state index contributed by atoms with van der Waals surface area (Å²) in [7, 11) is 0. The molecule has 0 aliphatic carbocycles. The number of carbonyl (C=O) groups is 1. The van der Waals surface area contributed by atoms with E-state index in [0.29, 0.717) is 6.61 Å². The highest BCUT2D eigenvalue weighted by molar-refractivity contribution is 5.76. The van der Waals surface area contributed by atoms with Crippen molar-refractivity contribution in [3.8, 4) is 0 Å². The van der Waals surface area contributed by atoms with E-state index < -0.39 is 0 Å². The summed E-state index contributed by atoms with van der Waals surface area (Å²) in [6.45, 7) is 6.03. The van der Waals surface area contributed by atoms with Crippen LogP contribution in [0.25, 0.3) is 0 Å². The largest absolute Gasteiger partial charge is 0.378 e. The molecule has 3 nitrogen and oxygen atoms in total. The highest BCUT2D eigenvalue weighted by atomic mass is 16.5. The Labute approximate surface area is 61.5 Å². The number of hydrogen-bond acceptors (Lipinski definition) is 2. The summed E-state index contributed by atoms with van der Waals surface area (Å²) in [5.74, 6) is -0.483. The Morgan fingerprint density at radius 2 is 2.00 bits per heavy atom. The van der Waals surface area contributed by atoms with Gasteiger partial charge in [-0.15, -0.1) is 0 Å². The van der Waals surface area contributed by atoms with E-state index in [0.717, 1.165) is 0 Å². The maximum atomic E-state index is 10.5. The van der Waals surface area contributed by atoms with Crippen LogP contribution in [0.1, 0.15) is 20.8 Å². The summed E-state index contributed by atoms with van der Waals surface area (Å²) in [6.07, 6.45) is 0.168. The first-order valence-electron chi connectivity index (χ1n) is 3.45. The summed E-state index contributed by atoms with van der Waals surface area (Å²) in [5.41, 5.74) is 5.00. The second kappa shape index (κ2) is 4.28. The summed E-state index contributed by atoms with van der Waals surface area (Å²) in [5, 5.41) is 0. The standard InChI is InChI=1S/C7H15NO2/c1-5(2)10-4-6(3)7(8)9/h5-6H,4H2,1-3H3,(H2,8,9)/t6-/m0/s1. The quantitative estimate of drug-likeness (QED) is 0.627. The van der Waals surface area contributed by atoms with Gasteiger partial charge in [0.2, 0.25) is 5.91 Å². The van der Waals surface area contributed by atoms with Crippen LogP contribution < -0.4 is 5.73 Å². The molecule has 0 aromatic rings. The molecule has 0 unspecified atom stereocenters. The summed E-state index contributed by atoms with van der Waals surface area (Å²) >= 11 is 0. The Balaban J connectivity index is 3.40. The Hall–Kier alpha value is -0.570. The second-order valence-corrected chi connectivity index (χ2v) is 2.69. The minimum Gasteiger partial charge on any atom is -0.378 e. The summed E-state index contributed by atoms with van der Waals surface area (Å²) in [4.78, 5) is 10.5. The van der Waals surface area contributed by atoms with E-state index in [-0.39, 0.29) is 17.9 Å². The molecule has 10 heavy (non-hydrogen) atoms. The highest BCUT2D eigenvalue weighted by Gasteiger charge is 2.08. The molecule has 0 aliphatic rings. The number of carbonyl (C=O) groups excluding carboxylic acids is 1. The van der Waals surface area contributed by atoms with E-state index in [9.17, 15) is 4.79 Å². The Morgan fingerprint density at radius 3 is 2.30 bits per heavy atom. The minimum atomic E-state index is -0.305. The molecule has 1 atom stereocenters. The number of hydrogen-bond donors (Lipinski definition) is 1. The minimum absolute atomic E-state index is 0.168. The van der Waals surface area contributed by atoms with Crippen LogP contribution in [0.4, 0.5) is 0 Å². The van der Waals surface area contributed by atoms with Crippen molar-refractivity contribution >= 4 is 5.91 Å². The Bertz CT molecular complexity index is 112. The Morgan fingerprint density at radius 1 is 1.50 bits per heavy atom. The lowest BCUT2D eigenvalue weighted by Gasteiger charge is -2.10. The molecule has 0 aliphatic heterocycles. The van der Waals surface area contributed by atoms with Crippen molar-refractivity contribution in [3.63, 3.8) is 0 Å². The summed E-state index contributed by atoms with van der Waals surface area (Å²) in [6, 6.07) is 0. The highest BCUT2D eigenvalue weighted by Crippen LogP contribution is 1.96. The molecular weight excluding hydrogens is 130 g/mol. The third-order valence-corrected chi connectivity index (χ3v) is 1.17. The fourth-order valence-corrected chi connectivity index (χ4v) is 0.419. The third kappa shape index (κ3) is 4.32. The number of ether oxygens (including phenoxy) is 1.